The summed E-state index contributed by atoms with van der Waals surface area (Å²) in [7, 11) is 0. The number of hydrogen-bond acceptors (Lipinski definition) is 4. The van der Waals surface area contributed by atoms with E-state index in [2.05, 4.69) is 0 Å². The van der Waals surface area contributed by atoms with Gasteiger partial charge in [-0.1, -0.05) is 17.7 Å². The molecule has 0 aliphatic heterocycles. The monoisotopic (exact) mass is 292 g/mol. The van der Waals surface area contributed by atoms with E-state index in [4.69, 9.17) is 22.1 Å². The van der Waals surface area contributed by atoms with Gasteiger partial charge in [-0.2, -0.15) is 0 Å². The molecule has 2 aromatic carbocycles. The Bertz CT molecular complexity index is 659. The molecule has 5 nitrogen and oxygen atoms in total. The summed E-state index contributed by atoms with van der Waals surface area (Å²) < 4.78 is 5.65. The summed E-state index contributed by atoms with van der Waals surface area (Å²) in [5, 5.41) is 11.3. The maximum atomic E-state index is 10.8. The van der Waals surface area contributed by atoms with Gasteiger partial charge in [-0.25, -0.2) is 0 Å². The van der Waals surface area contributed by atoms with Crippen molar-refractivity contribution in [3.63, 3.8) is 0 Å². The maximum Gasteiger partial charge on any atom is 0.273 e. The topological polar surface area (TPSA) is 78.4 Å². The first kappa shape index (κ1) is 14.3. The lowest BCUT2D eigenvalue weighted by Crippen LogP contribution is -1.97. The summed E-state index contributed by atoms with van der Waals surface area (Å²) in [6, 6.07) is 9.61. The Kier molecular flexibility index (Phi) is 4.22. The van der Waals surface area contributed by atoms with Crippen molar-refractivity contribution in [1.29, 1.82) is 0 Å². The van der Waals surface area contributed by atoms with Gasteiger partial charge in [-0.15, -0.1) is 0 Å². The summed E-state index contributed by atoms with van der Waals surface area (Å²) in [4.78, 5) is 10.3. The number of non-ortho nitro benzene ring substituents is 1. The van der Waals surface area contributed by atoms with Crippen molar-refractivity contribution in [3.8, 4) is 11.5 Å². The minimum Gasteiger partial charge on any atom is -0.457 e. The zero-order valence-corrected chi connectivity index (χ0v) is 11.6. The van der Waals surface area contributed by atoms with Gasteiger partial charge in [0, 0.05) is 17.6 Å². The first-order chi connectivity index (χ1) is 9.51. The molecule has 0 aliphatic carbocycles. The molecule has 0 spiro atoms. The fourth-order valence-corrected chi connectivity index (χ4v) is 1.94. The molecule has 0 saturated heterocycles. The van der Waals surface area contributed by atoms with E-state index in [1.165, 1.54) is 12.1 Å². The first-order valence-electron chi connectivity index (χ1n) is 5.92. The van der Waals surface area contributed by atoms with Crippen LogP contribution in [0.1, 0.15) is 11.1 Å². The van der Waals surface area contributed by atoms with E-state index in [0.29, 0.717) is 23.1 Å². The van der Waals surface area contributed by atoms with Crippen LogP contribution in [-0.2, 0) is 6.54 Å². The van der Waals surface area contributed by atoms with Crippen molar-refractivity contribution in [3.05, 3.63) is 62.7 Å². The predicted molar refractivity (Wildman–Crippen MR) is 77.3 cm³/mol. The third kappa shape index (κ3) is 3.07. The molecule has 0 atom stereocenters. The molecular weight excluding hydrogens is 280 g/mol. The molecule has 0 aliphatic rings. The summed E-state index contributed by atoms with van der Waals surface area (Å²) in [5.41, 5.74) is 7.13. The summed E-state index contributed by atoms with van der Waals surface area (Å²) in [6.45, 7) is 2.16. The number of halogens is 1. The highest BCUT2D eigenvalue weighted by atomic mass is 35.5. The summed E-state index contributed by atoms with van der Waals surface area (Å²) >= 11 is 6.05. The molecule has 2 aromatic rings. The molecule has 0 amide bonds. The van der Waals surface area contributed by atoms with Gasteiger partial charge in [0.2, 0.25) is 0 Å². The van der Waals surface area contributed by atoms with Gasteiger partial charge in [0.25, 0.3) is 5.69 Å². The fourth-order valence-electron chi connectivity index (χ4n) is 1.70. The number of hydrogen-bond donors (Lipinski definition) is 1. The molecule has 20 heavy (non-hydrogen) atoms. The third-order valence-electron chi connectivity index (χ3n) is 2.85. The Balaban J connectivity index is 2.32. The highest BCUT2D eigenvalue weighted by Crippen LogP contribution is 2.31. The zero-order chi connectivity index (χ0) is 14.7. The lowest BCUT2D eigenvalue weighted by molar-refractivity contribution is -0.384. The van der Waals surface area contributed by atoms with E-state index in [0.717, 1.165) is 11.1 Å². The van der Waals surface area contributed by atoms with Crippen molar-refractivity contribution in [2.45, 2.75) is 13.5 Å². The van der Waals surface area contributed by atoms with Crippen LogP contribution in [0, 0.1) is 17.0 Å². The third-order valence-corrected chi connectivity index (χ3v) is 3.21. The van der Waals surface area contributed by atoms with Crippen LogP contribution >= 0.6 is 11.6 Å². The van der Waals surface area contributed by atoms with Crippen LogP contribution in [0.4, 0.5) is 5.69 Å². The van der Waals surface area contributed by atoms with E-state index >= 15 is 0 Å². The van der Waals surface area contributed by atoms with Gasteiger partial charge >= 0.3 is 0 Å². The minimum atomic E-state index is -0.462. The molecule has 0 bridgehead atoms. The van der Waals surface area contributed by atoms with Crippen LogP contribution in [0.3, 0.4) is 0 Å². The van der Waals surface area contributed by atoms with E-state index in [1.54, 1.807) is 24.3 Å². The first-order valence-corrected chi connectivity index (χ1v) is 6.30. The smallest absolute Gasteiger partial charge is 0.273 e. The van der Waals surface area contributed by atoms with Crippen molar-refractivity contribution in [1.82, 2.24) is 0 Å². The molecule has 6 heteroatoms. The van der Waals surface area contributed by atoms with E-state index in [9.17, 15) is 10.1 Å². The second kappa shape index (κ2) is 5.90. The Labute approximate surface area is 121 Å². The summed E-state index contributed by atoms with van der Waals surface area (Å²) in [6.07, 6.45) is 0. The van der Waals surface area contributed by atoms with Crippen LogP contribution in [0.2, 0.25) is 5.02 Å². The maximum absolute atomic E-state index is 10.8. The lowest BCUT2D eigenvalue weighted by Gasteiger charge is -2.10. The van der Waals surface area contributed by atoms with E-state index < -0.39 is 4.92 Å². The van der Waals surface area contributed by atoms with Crippen molar-refractivity contribution in [2.75, 3.05) is 0 Å². The van der Waals surface area contributed by atoms with Gasteiger partial charge in [-0.3, -0.25) is 10.1 Å². The normalized spacial score (nSPS) is 10.3. The van der Waals surface area contributed by atoms with Crippen molar-refractivity contribution in [2.24, 2.45) is 5.73 Å². The van der Waals surface area contributed by atoms with Crippen molar-refractivity contribution < 1.29 is 9.66 Å². The van der Waals surface area contributed by atoms with Gasteiger partial charge in [0.05, 0.1) is 11.0 Å². The van der Waals surface area contributed by atoms with E-state index in [-0.39, 0.29) is 5.69 Å². The second-order valence-electron chi connectivity index (χ2n) is 4.27. The van der Waals surface area contributed by atoms with Gasteiger partial charge in [0.1, 0.15) is 11.5 Å². The Morgan fingerprint density at radius 3 is 2.65 bits per heavy atom. The molecule has 0 heterocycles. The molecule has 0 radical (unpaired) electrons. The van der Waals surface area contributed by atoms with Crippen LogP contribution < -0.4 is 10.5 Å². The highest BCUT2D eigenvalue weighted by Gasteiger charge is 2.11. The number of aryl methyl sites for hydroxylation is 1. The highest BCUT2D eigenvalue weighted by molar-refractivity contribution is 6.31. The molecule has 2 N–H and O–H groups in total. The predicted octanol–water partition coefficient (Wildman–Crippen LogP) is 3.81. The number of nitrogens with zero attached hydrogens (tertiary/aromatic N) is 1. The Morgan fingerprint density at radius 1 is 1.30 bits per heavy atom. The number of nitrogens with two attached hydrogens (primary N) is 1. The van der Waals surface area contributed by atoms with Crippen molar-refractivity contribution >= 4 is 17.3 Å². The number of benzene rings is 2. The van der Waals surface area contributed by atoms with Crippen LogP contribution in [0.15, 0.2) is 36.4 Å². The second-order valence-corrected chi connectivity index (χ2v) is 4.67. The average molecular weight is 293 g/mol. The summed E-state index contributed by atoms with van der Waals surface area (Å²) in [5.74, 6) is 0.937. The van der Waals surface area contributed by atoms with Gasteiger partial charge < -0.3 is 10.5 Å². The largest absolute Gasteiger partial charge is 0.457 e. The fraction of sp³-hybridized carbons (Fsp3) is 0.143. The van der Waals surface area contributed by atoms with Crippen LogP contribution in [-0.4, -0.2) is 4.92 Å². The average Bonchev–Trinajstić information content (AvgIpc) is 2.41. The Hall–Kier alpha value is -2.11. The quantitative estimate of drug-likeness (QED) is 0.686. The molecular formula is C14H13ClN2O3. The standard InChI is InChI=1S/C14H13ClN2O3/c1-9-2-4-11(17(18)19)6-14(9)20-12-5-3-10(8-16)13(15)7-12/h2-7H,8,16H2,1H3. The number of rotatable bonds is 4. The van der Waals surface area contributed by atoms with Crippen LogP contribution in [0.25, 0.3) is 0 Å². The zero-order valence-electron chi connectivity index (χ0n) is 10.8. The molecule has 104 valence electrons. The van der Waals surface area contributed by atoms with Crippen LogP contribution in [0.5, 0.6) is 11.5 Å². The molecule has 2 rings (SSSR count). The molecule has 0 aromatic heterocycles. The van der Waals surface area contributed by atoms with E-state index in [1.807, 2.05) is 6.92 Å². The number of nitro groups is 1. The molecule has 0 fully saturated rings. The number of ether oxygens (including phenoxy) is 1. The SMILES string of the molecule is Cc1ccc([N+](=O)[O-])cc1Oc1ccc(CN)c(Cl)c1. The number of nitro benzene ring substituents is 1. The Morgan fingerprint density at radius 2 is 2.05 bits per heavy atom. The van der Waals surface area contributed by atoms with Gasteiger partial charge in [0.15, 0.2) is 0 Å². The lowest BCUT2D eigenvalue weighted by atomic mass is 10.2. The minimum absolute atomic E-state index is 0.0183. The molecule has 0 saturated carbocycles. The van der Waals surface area contributed by atoms with Gasteiger partial charge in [-0.05, 0) is 36.2 Å². The molecule has 0 unspecified atom stereocenters.